The lowest BCUT2D eigenvalue weighted by molar-refractivity contribution is 0.391. The van der Waals surface area contributed by atoms with Gasteiger partial charge in [-0.3, -0.25) is 0 Å². The molecule has 108 valence electrons. The van der Waals surface area contributed by atoms with Crippen molar-refractivity contribution in [2.24, 2.45) is 5.92 Å². The Labute approximate surface area is 120 Å². The zero-order chi connectivity index (χ0) is 14.6. The van der Waals surface area contributed by atoms with E-state index in [1.165, 1.54) is 18.2 Å². The van der Waals surface area contributed by atoms with Gasteiger partial charge in [0.25, 0.3) is 0 Å². The third kappa shape index (κ3) is 4.09. The SMILES string of the molecule is CCC(CC)C(C)NS(=O)(=O)c1ccc(Cl)cc1N. The van der Waals surface area contributed by atoms with Crippen LogP contribution >= 0.6 is 11.6 Å². The smallest absolute Gasteiger partial charge is 0.242 e. The summed E-state index contributed by atoms with van der Waals surface area (Å²) in [5, 5.41) is 0.421. The third-order valence-electron chi connectivity index (χ3n) is 3.36. The molecule has 19 heavy (non-hydrogen) atoms. The normalized spacial score (nSPS) is 13.7. The van der Waals surface area contributed by atoms with E-state index in [1.807, 2.05) is 6.92 Å². The summed E-state index contributed by atoms with van der Waals surface area (Å²) in [6.07, 6.45) is 1.85. The molecular formula is C13H21ClN2O2S. The number of nitrogens with two attached hydrogens (primary N) is 1. The van der Waals surface area contributed by atoms with E-state index in [2.05, 4.69) is 18.6 Å². The molecule has 0 bridgehead atoms. The molecule has 1 aromatic carbocycles. The van der Waals surface area contributed by atoms with Crippen LogP contribution < -0.4 is 10.5 Å². The maximum atomic E-state index is 12.3. The molecule has 0 aliphatic heterocycles. The fourth-order valence-electron chi connectivity index (χ4n) is 2.16. The standard InChI is InChI=1S/C13H21ClN2O2S/c1-4-10(5-2)9(3)16-19(17,18)13-7-6-11(14)8-12(13)15/h6-10,16H,4-5,15H2,1-3H3. The van der Waals surface area contributed by atoms with Crippen LogP contribution in [0.1, 0.15) is 33.6 Å². The van der Waals surface area contributed by atoms with E-state index in [1.54, 1.807) is 0 Å². The Morgan fingerprint density at radius 3 is 2.37 bits per heavy atom. The molecule has 0 fully saturated rings. The average molecular weight is 305 g/mol. The van der Waals surface area contributed by atoms with Crippen molar-refractivity contribution in [3.8, 4) is 0 Å². The van der Waals surface area contributed by atoms with Crippen LogP contribution in [0, 0.1) is 5.92 Å². The molecule has 1 unspecified atom stereocenters. The van der Waals surface area contributed by atoms with E-state index in [-0.39, 0.29) is 16.6 Å². The van der Waals surface area contributed by atoms with E-state index >= 15 is 0 Å². The first-order valence-electron chi connectivity index (χ1n) is 6.39. The number of benzene rings is 1. The summed E-state index contributed by atoms with van der Waals surface area (Å²) in [7, 11) is -3.61. The minimum atomic E-state index is -3.61. The number of sulfonamides is 1. The summed E-state index contributed by atoms with van der Waals surface area (Å²) in [5.74, 6) is 0.309. The summed E-state index contributed by atoms with van der Waals surface area (Å²) >= 11 is 5.77. The van der Waals surface area contributed by atoms with E-state index in [0.29, 0.717) is 10.9 Å². The van der Waals surface area contributed by atoms with Crippen LogP contribution in [0.25, 0.3) is 0 Å². The number of anilines is 1. The van der Waals surface area contributed by atoms with Gasteiger partial charge < -0.3 is 5.73 Å². The fraction of sp³-hybridized carbons (Fsp3) is 0.538. The first-order chi connectivity index (χ1) is 8.81. The van der Waals surface area contributed by atoms with Crippen molar-refractivity contribution in [1.82, 2.24) is 4.72 Å². The Hall–Kier alpha value is -0.780. The van der Waals surface area contributed by atoms with Gasteiger partial charge in [-0.1, -0.05) is 38.3 Å². The molecule has 0 aliphatic carbocycles. The second-order valence-corrected chi connectivity index (χ2v) is 6.79. The third-order valence-corrected chi connectivity index (χ3v) is 5.23. The second kappa shape index (κ2) is 6.59. The van der Waals surface area contributed by atoms with Gasteiger partial charge in [-0.15, -0.1) is 0 Å². The molecule has 0 radical (unpaired) electrons. The predicted octanol–water partition coefficient (Wildman–Crippen LogP) is 3.03. The lowest BCUT2D eigenvalue weighted by atomic mass is 9.96. The van der Waals surface area contributed by atoms with Crippen LogP contribution in [0.2, 0.25) is 5.02 Å². The first-order valence-corrected chi connectivity index (χ1v) is 8.25. The lowest BCUT2D eigenvalue weighted by Crippen LogP contribution is -2.38. The van der Waals surface area contributed by atoms with E-state index in [4.69, 9.17) is 17.3 Å². The number of nitrogens with one attached hydrogen (secondary N) is 1. The molecule has 0 saturated carbocycles. The Balaban J connectivity index is 2.98. The van der Waals surface area contributed by atoms with Crippen LogP contribution in [0.15, 0.2) is 23.1 Å². The molecule has 1 rings (SSSR count). The van der Waals surface area contributed by atoms with Gasteiger partial charge in [0.05, 0.1) is 5.69 Å². The number of nitrogen functional groups attached to an aromatic ring is 1. The Kier molecular flexibility index (Phi) is 5.64. The van der Waals surface area contributed by atoms with Crippen molar-refractivity contribution < 1.29 is 8.42 Å². The van der Waals surface area contributed by atoms with E-state index in [9.17, 15) is 8.42 Å². The highest BCUT2D eigenvalue weighted by molar-refractivity contribution is 7.89. The number of halogens is 1. The van der Waals surface area contributed by atoms with Gasteiger partial charge >= 0.3 is 0 Å². The largest absolute Gasteiger partial charge is 0.398 e. The monoisotopic (exact) mass is 304 g/mol. The van der Waals surface area contributed by atoms with Crippen LogP contribution in [0.3, 0.4) is 0 Å². The Morgan fingerprint density at radius 2 is 1.89 bits per heavy atom. The number of hydrogen-bond acceptors (Lipinski definition) is 3. The van der Waals surface area contributed by atoms with Gasteiger partial charge in [-0.05, 0) is 31.0 Å². The molecule has 4 nitrogen and oxygen atoms in total. The van der Waals surface area contributed by atoms with E-state index in [0.717, 1.165) is 12.8 Å². The highest BCUT2D eigenvalue weighted by Crippen LogP contribution is 2.23. The van der Waals surface area contributed by atoms with Crippen LogP contribution in [-0.4, -0.2) is 14.5 Å². The highest BCUT2D eigenvalue weighted by atomic mass is 35.5. The fourth-order valence-corrected chi connectivity index (χ4v) is 3.77. The molecule has 1 atom stereocenters. The van der Waals surface area contributed by atoms with Crippen LogP contribution in [0.5, 0.6) is 0 Å². The minimum absolute atomic E-state index is 0.0784. The summed E-state index contributed by atoms with van der Waals surface area (Å²) in [6, 6.07) is 4.27. The summed E-state index contributed by atoms with van der Waals surface area (Å²) in [5.41, 5.74) is 5.88. The van der Waals surface area contributed by atoms with Crippen molar-refractivity contribution in [2.75, 3.05) is 5.73 Å². The van der Waals surface area contributed by atoms with Crippen molar-refractivity contribution in [3.05, 3.63) is 23.2 Å². The van der Waals surface area contributed by atoms with Gasteiger partial charge in [0.2, 0.25) is 10.0 Å². The molecule has 3 N–H and O–H groups in total. The van der Waals surface area contributed by atoms with Gasteiger partial charge in [0, 0.05) is 11.1 Å². The molecule has 0 spiro atoms. The molecule has 6 heteroatoms. The molecule has 0 heterocycles. The molecule has 0 aromatic heterocycles. The molecular weight excluding hydrogens is 284 g/mol. The second-order valence-electron chi connectivity index (χ2n) is 4.67. The topological polar surface area (TPSA) is 72.2 Å². The van der Waals surface area contributed by atoms with Crippen LogP contribution in [-0.2, 0) is 10.0 Å². The van der Waals surface area contributed by atoms with Crippen molar-refractivity contribution in [3.63, 3.8) is 0 Å². The summed E-state index contributed by atoms with van der Waals surface area (Å²) in [6.45, 7) is 5.98. The maximum Gasteiger partial charge on any atom is 0.242 e. The molecule has 1 aromatic rings. The van der Waals surface area contributed by atoms with Crippen molar-refractivity contribution in [1.29, 1.82) is 0 Å². The molecule has 0 saturated heterocycles. The summed E-state index contributed by atoms with van der Waals surface area (Å²) < 4.78 is 27.2. The van der Waals surface area contributed by atoms with Crippen molar-refractivity contribution >= 4 is 27.3 Å². The number of rotatable bonds is 6. The Morgan fingerprint density at radius 1 is 1.32 bits per heavy atom. The average Bonchev–Trinajstić information content (AvgIpc) is 2.29. The number of hydrogen-bond donors (Lipinski definition) is 2. The van der Waals surface area contributed by atoms with Crippen molar-refractivity contribution in [2.45, 2.75) is 44.6 Å². The highest BCUT2D eigenvalue weighted by Gasteiger charge is 2.23. The predicted molar refractivity (Wildman–Crippen MR) is 79.7 cm³/mol. The summed E-state index contributed by atoms with van der Waals surface area (Å²) in [4.78, 5) is 0.0784. The van der Waals surface area contributed by atoms with Crippen LogP contribution in [0.4, 0.5) is 5.69 Å². The van der Waals surface area contributed by atoms with Gasteiger partial charge in [0.15, 0.2) is 0 Å². The quantitative estimate of drug-likeness (QED) is 0.793. The zero-order valence-electron chi connectivity index (χ0n) is 11.5. The Bertz CT molecular complexity index is 527. The first kappa shape index (κ1) is 16.3. The van der Waals surface area contributed by atoms with Gasteiger partial charge in [0.1, 0.15) is 4.90 Å². The van der Waals surface area contributed by atoms with Gasteiger partial charge in [-0.2, -0.15) is 0 Å². The zero-order valence-corrected chi connectivity index (χ0v) is 13.1. The van der Waals surface area contributed by atoms with E-state index < -0.39 is 10.0 Å². The molecule has 0 aliphatic rings. The van der Waals surface area contributed by atoms with Gasteiger partial charge in [-0.25, -0.2) is 13.1 Å². The molecule has 0 amide bonds. The lowest BCUT2D eigenvalue weighted by Gasteiger charge is -2.22. The minimum Gasteiger partial charge on any atom is -0.398 e. The maximum absolute atomic E-state index is 12.3.